The van der Waals surface area contributed by atoms with Crippen LogP contribution in [0.5, 0.6) is 0 Å². The van der Waals surface area contributed by atoms with E-state index in [0.717, 1.165) is 5.56 Å². The molecule has 0 radical (unpaired) electrons. The highest BCUT2D eigenvalue weighted by Gasteiger charge is 2.23. The second-order valence-electron chi connectivity index (χ2n) is 6.34. The van der Waals surface area contributed by atoms with Gasteiger partial charge in [-0.05, 0) is 35.9 Å². The Morgan fingerprint density at radius 3 is 2.41 bits per heavy atom. The number of amides is 3. The molecule has 148 valence electrons. The van der Waals surface area contributed by atoms with Crippen LogP contribution >= 0.6 is 0 Å². The Labute approximate surface area is 168 Å². The number of rotatable bonds is 7. The second kappa shape index (κ2) is 9.36. The minimum absolute atomic E-state index is 0.123. The van der Waals surface area contributed by atoms with Gasteiger partial charge in [-0.1, -0.05) is 36.4 Å². The Kier molecular flexibility index (Phi) is 6.42. The predicted molar refractivity (Wildman–Crippen MR) is 109 cm³/mol. The molecule has 0 bridgehead atoms. The molecule has 0 spiro atoms. The van der Waals surface area contributed by atoms with Gasteiger partial charge in [-0.15, -0.1) is 0 Å². The quantitative estimate of drug-likeness (QED) is 0.576. The zero-order valence-electron chi connectivity index (χ0n) is 15.8. The van der Waals surface area contributed by atoms with E-state index in [9.17, 15) is 14.4 Å². The van der Waals surface area contributed by atoms with Crippen LogP contribution in [-0.2, 0) is 11.2 Å². The normalized spacial score (nSPS) is 11.3. The van der Waals surface area contributed by atoms with Gasteiger partial charge >= 0.3 is 0 Å². The van der Waals surface area contributed by atoms with E-state index in [0.29, 0.717) is 17.7 Å². The molecule has 0 aliphatic carbocycles. The zero-order chi connectivity index (χ0) is 20.6. The van der Waals surface area contributed by atoms with Gasteiger partial charge in [0.25, 0.3) is 11.8 Å². The fourth-order valence-corrected chi connectivity index (χ4v) is 2.81. The average molecular weight is 391 g/mol. The van der Waals surface area contributed by atoms with Crippen LogP contribution < -0.4 is 16.0 Å². The van der Waals surface area contributed by atoms with Crippen LogP contribution in [0.2, 0.25) is 0 Å². The first kappa shape index (κ1) is 19.9. The number of carbonyl (C=O) groups is 3. The largest absolute Gasteiger partial charge is 0.459 e. The van der Waals surface area contributed by atoms with Gasteiger partial charge in [-0.2, -0.15) is 0 Å². The molecule has 1 heterocycles. The summed E-state index contributed by atoms with van der Waals surface area (Å²) in [7, 11) is 1.54. The highest BCUT2D eigenvalue weighted by atomic mass is 16.3. The van der Waals surface area contributed by atoms with E-state index in [4.69, 9.17) is 4.42 Å². The molecule has 1 atom stereocenters. The summed E-state index contributed by atoms with van der Waals surface area (Å²) in [5, 5.41) is 8.02. The summed E-state index contributed by atoms with van der Waals surface area (Å²) >= 11 is 0. The molecule has 2 aromatic carbocycles. The molecule has 3 rings (SSSR count). The minimum Gasteiger partial charge on any atom is -0.459 e. The van der Waals surface area contributed by atoms with Crippen molar-refractivity contribution in [2.24, 2.45) is 0 Å². The first-order chi connectivity index (χ1) is 14.1. The Balaban J connectivity index is 1.78. The van der Waals surface area contributed by atoms with Crippen LogP contribution in [0.3, 0.4) is 0 Å². The van der Waals surface area contributed by atoms with Gasteiger partial charge in [0.15, 0.2) is 5.76 Å². The Bertz CT molecular complexity index is 984. The van der Waals surface area contributed by atoms with Gasteiger partial charge in [0.1, 0.15) is 6.04 Å². The third-order valence-corrected chi connectivity index (χ3v) is 4.27. The smallest absolute Gasteiger partial charge is 0.287 e. The Morgan fingerprint density at radius 1 is 0.931 bits per heavy atom. The first-order valence-electron chi connectivity index (χ1n) is 9.08. The molecule has 0 saturated carbocycles. The lowest BCUT2D eigenvalue weighted by Gasteiger charge is -2.18. The zero-order valence-corrected chi connectivity index (χ0v) is 15.8. The molecule has 3 aromatic rings. The third-order valence-electron chi connectivity index (χ3n) is 4.27. The van der Waals surface area contributed by atoms with Crippen molar-refractivity contribution >= 4 is 23.4 Å². The standard InChI is InChI=1S/C22H21N3O4/c1-23-20(26)16-9-5-10-17(14-16)24-21(27)18(13-15-7-3-2-4-8-15)25-22(28)19-11-6-12-29-19/h2-12,14,18H,13H2,1H3,(H,23,26)(H,24,27)(H,25,28). The van der Waals surface area contributed by atoms with E-state index in [2.05, 4.69) is 16.0 Å². The maximum absolute atomic E-state index is 12.9. The molecule has 3 amide bonds. The fraction of sp³-hybridized carbons (Fsp3) is 0.136. The molecule has 7 nitrogen and oxygen atoms in total. The van der Waals surface area contributed by atoms with Crippen LogP contribution in [0.15, 0.2) is 77.4 Å². The summed E-state index contributed by atoms with van der Waals surface area (Å²) in [4.78, 5) is 37.1. The lowest BCUT2D eigenvalue weighted by atomic mass is 10.0. The fourth-order valence-electron chi connectivity index (χ4n) is 2.81. The van der Waals surface area contributed by atoms with E-state index in [-0.39, 0.29) is 11.7 Å². The molecule has 7 heteroatoms. The molecule has 1 aromatic heterocycles. The van der Waals surface area contributed by atoms with Crippen molar-refractivity contribution in [2.75, 3.05) is 12.4 Å². The van der Waals surface area contributed by atoms with E-state index in [1.54, 1.807) is 30.3 Å². The van der Waals surface area contributed by atoms with Crippen molar-refractivity contribution in [3.63, 3.8) is 0 Å². The number of benzene rings is 2. The van der Waals surface area contributed by atoms with Crippen molar-refractivity contribution in [3.8, 4) is 0 Å². The molecule has 0 aliphatic rings. The number of furan rings is 1. The van der Waals surface area contributed by atoms with Gasteiger partial charge in [0.05, 0.1) is 6.26 Å². The van der Waals surface area contributed by atoms with Gasteiger partial charge in [-0.3, -0.25) is 14.4 Å². The monoisotopic (exact) mass is 391 g/mol. The van der Waals surface area contributed by atoms with Crippen molar-refractivity contribution < 1.29 is 18.8 Å². The summed E-state index contributed by atoms with van der Waals surface area (Å²) in [6.07, 6.45) is 1.69. The van der Waals surface area contributed by atoms with Crippen molar-refractivity contribution in [3.05, 3.63) is 89.9 Å². The van der Waals surface area contributed by atoms with Crippen LogP contribution in [0, 0.1) is 0 Å². The summed E-state index contributed by atoms with van der Waals surface area (Å²) in [5.41, 5.74) is 1.78. The number of hydrogen-bond donors (Lipinski definition) is 3. The molecule has 3 N–H and O–H groups in total. The lowest BCUT2D eigenvalue weighted by Crippen LogP contribution is -2.45. The Morgan fingerprint density at radius 2 is 1.72 bits per heavy atom. The summed E-state index contributed by atoms with van der Waals surface area (Å²) < 4.78 is 5.11. The van der Waals surface area contributed by atoms with Crippen LogP contribution in [0.1, 0.15) is 26.5 Å². The molecule has 0 aliphatic heterocycles. The van der Waals surface area contributed by atoms with E-state index < -0.39 is 17.9 Å². The third kappa shape index (κ3) is 5.32. The number of carbonyl (C=O) groups excluding carboxylic acids is 3. The highest BCUT2D eigenvalue weighted by Crippen LogP contribution is 2.13. The summed E-state index contributed by atoms with van der Waals surface area (Å²) in [6, 6.07) is 18.2. The molecule has 0 fully saturated rings. The topological polar surface area (TPSA) is 100 Å². The maximum Gasteiger partial charge on any atom is 0.287 e. The molecule has 0 saturated heterocycles. The van der Waals surface area contributed by atoms with E-state index in [1.165, 1.54) is 19.4 Å². The molecular formula is C22H21N3O4. The maximum atomic E-state index is 12.9. The van der Waals surface area contributed by atoms with Crippen molar-refractivity contribution in [2.45, 2.75) is 12.5 Å². The van der Waals surface area contributed by atoms with Gasteiger partial charge in [0.2, 0.25) is 5.91 Å². The molecule has 1 unspecified atom stereocenters. The van der Waals surface area contributed by atoms with Crippen LogP contribution in [0.25, 0.3) is 0 Å². The van der Waals surface area contributed by atoms with Crippen LogP contribution in [-0.4, -0.2) is 30.8 Å². The summed E-state index contributed by atoms with van der Waals surface area (Å²) in [6.45, 7) is 0. The first-order valence-corrected chi connectivity index (χ1v) is 9.08. The minimum atomic E-state index is -0.835. The average Bonchev–Trinajstić information content (AvgIpc) is 3.28. The van der Waals surface area contributed by atoms with Crippen molar-refractivity contribution in [1.82, 2.24) is 10.6 Å². The number of anilines is 1. The van der Waals surface area contributed by atoms with Gasteiger partial charge < -0.3 is 20.4 Å². The Hall–Kier alpha value is -3.87. The van der Waals surface area contributed by atoms with Gasteiger partial charge in [-0.25, -0.2) is 0 Å². The number of nitrogens with one attached hydrogen (secondary N) is 3. The van der Waals surface area contributed by atoms with E-state index >= 15 is 0 Å². The van der Waals surface area contributed by atoms with Crippen molar-refractivity contribution in [1.29, 1.82) is 0 Å². The predicted octanol–water partition coefficient (Wildman–Crippen LogP) is 2.62. The van der Waals surface area contributed by atoms with Gasteiger partial charge in [0, 0.05) is 24.7 Å². The number of hydrogen-bond acceptors (Lipinski definition) is 4. The molecule has 29 heavy (non-hydrogen) atoms. The SMILES string of the molecule is CNC(=O)c1cccc(NC(=O)C(Cc2ccccc2)NC(=O)c2ccco2)c1. The second-order valence-corrected chi connectivity index (χ2v) is 6.34. The highest BCUT2D eigenvalue weighted by molar-refractivity contribution is 6.01. The summed E-state index contributed by atoms with van der Waals surface area (Å²) in [5.74, 6) is -1.02. The van der Waals surface area contributed by atoms with E-state index in [1.807, 2.05) is 30.3 Å². The molecular weight excluding hydrogens is 370 g/mol. The van der Waals surface area contributed by atoms with Crippen LogP contribution in [0.4, 0.5) is 5.69 Å². The lowest BCUT2D eigenvalue weighted by molar-refractivity contribution is -0.118.